The van der Waals surface area contributed by atoms with Crippen molar-refractivity contribution in [2.45, 2.75) is 84.4 Å². The van der Waals surface area contributed by atoms with Crippen molar-refractivity contribution in [2.75, 3.05) is 13.2 Å². The molecule has 0 saturated heterocycles. The molecule has 0 radical (unpaired) electrons. The minimum absolute atomic E-state index is 0.0255. The van der Waals surface area contributed by atoms with Gasteiger partial charge in [-0.1, -0.05) is 19.9 Å². The predicted molar refractivity (Wildman–Crippen MR) is 135 cm³/mol. The first-order valence-corrected chi connectivity index (χ1v) is 14.8. The molecule has 39 heavy (non-hydrogen) atoms. The van der Waals surface area contributed by atoms with E-state index in [4.69, 9.17) is 18.3 Å². The molecule has 0 aromatic heterocycles. The number of ether oxygens (including phenoxy) is 1. The molecular weight excluding hydrogens is 537 g/mol. The number of esters is 1. The Kier molecular flexibility index (Phi) is 7.59. The van der Waals surface area contributed by atoms with E-state index in [0.29, 0.717) is 0 Å². The number of phosphoric acid groups is 1. The number of aliphatic hydroxyl groups is 1. The molecule has 0 amide bonds. The van der Waals surface area contributed by atoms with E-state index in [2.05, 4.69) is 0 Å². The number of halogens is 2. The maximum Gasteiger partial charge on any atom is 0.532 e. The monoisotopic (exact) mass is 574 g/mol. The van der Waals surface area contributed by atoms with Crippen molar-refractivity contribution in [2.24, 2.45) is 28.6 Å². The molecule has 0 aliphatic heterocycles. The third-order valence-corrected chi connectivity index (χ3v) is 11.1. The van der Waals surface area contributed by atoms with Gasteiger partial charge in [0.25, 0.3) is 0 Å². The van der Waals surface area contributed by atoms with Gasteiger partial charge in [0, 0.05) is 29.6 Å². The third-order valence-electron chi connectivity index (χ3n) is 9.55. The topological polar surface area (TPSA) is 125 Å². The summed E-state index contributed by atoms with van der Waals surface area (Å²) >= 11 is 0. The first-order chi connectivity index (χ1) is 18.1. The van der Waals surface area contributed by atoms with Crippen LogP contribution in [-0.2, 0) is 37.3 Å². The largest absolute Gasteiger partial charge is 0.532 e. The number of aliphatic hydroxyl groups excluding tert-OH is 1. The fraction of sp³-hybridized carbons (Fsp3) is 0.741. The summed E-state index contributed by atoms with van der Waals surface area (Å²) in [6, 6.07) is 0. The summed E-state index contributed by atoms with van der Waals surface area (Å²) < 4.78 is 67.6. The van der Waals surface area contributed by atoms with Crippen molar-refractivity contribution in [1.82, 2.24) is 0 Å². The minimum atomic E-state index is -4.41. The molecule has 0 spiro atoms. The molecule has 218 valence electrons. The highest BCUT2D eigenvalue weighted by Crippen LogP contribution is 2.72. The smallest absolute Gasteiger partial charge is 0.446 e. The van der Waals surface area contributed by atoms with Crippen LogP contribution in [0.4, 0.5) is 8.78 Å². The average Bonchev–Trinajstić information content (AvgIpc) is 3.04. The molecule has 12 heteroatoms. The number of carbonyl (C=O) groups excluding carboxylic acids is 3. The fourth-order valence-electron chi connectivity index (χ4n) is 8.02. The molecule has 0 bridgehead atoms. The van der Waals surface area contributed by atoms with Crippen LogP contribution >= 0.6 is 7.82 Å². The highest BCUT2D eigenvalue weighted by Gasteiger charge is 2.79. The number of allylic oxidation sites excluding steroid dienone is 4. The van der Waals surface area contributed by atoms with Gasteiger partial charge in [0.05, 0.1) is 19.3 Å². The molecule has 9 nitrogen and oxygen atoms in total. The Bertz CT molecular complexity index is 1160. The van der Waals surface area contributed by atoms with Crippen molar-refractivity contribution >= 4 is 25.5 Å². The van der Waals surface area contributed by atoms with Gasteiger partial charge >= 0.3 is 19.8 Å². The van der Waals surface area contributed by atoms with Crippen LogP contribution < -0.4 is 0 Å². The van der Waals surface area contributed by atoms with Gasteiger partial charge < -0.3 is 14.4 Å². The lowest BCUT2D eigenvalue weighted by Gasteiger charge is -2.63. The number of carbonyl (C=O) groups is 3. The maximum atomic E-state index is 17.4. The number of fused-ring (bicyclic) bond motifs is 5. The fourth-order valence-corrected chi connectivity index (χ4v) is 9.17. The van der Waals surface area contributed by atoms with Crippen molar-refractivity contribution < 1.29 is 51.1 Å². The summed E-state index contributed by atoms with van der Waals surface area (Å²) in [5.74, 6) is -5.15. The number of alkyl halides is 2. The van der Waals surface area contributed by atoms with E-state index in [1.807, 2.05) is 0 Å². The first kappa shape index (κ1) is 30.0. The van der Waals surface area contributed by atoms with Gasteiger partial charge in [-0.05, 0) is 63.7 Å². The molecular formula is C27H37F2O9P. The van der Waals surface area contributed by atoms with Gasteiger partial charge in [-0.2, -0.15) is 0 Å². The van der Waals surface area contributed by atoms with Gasteiger partial charge in [0.2, 0.25) is 5.60 Å². The number of phosphoric ester groups is 1. The van der Waals surface area contributed by atoms with E-state index in [9.17, 15) is 24.1 Å². The third kappa shape index (κ3) is 4.10. The number of rotatable bonds is 7. The Hall–Kier alpha value is -1.94. The SMILES string of the molecule is CCOP(=O)(OCC)OC(=O)[C@@]1(OC(C)=O)[C@H](C)C[C@H]2[C@@H]3C[C@H](F)C4=CC(=O)C=C[C@]4(C)[C@@]3(F)[C@@H](O)C[C@@]21C. The molecule has 4 aliphatic rings. The van der Waals surface area contributed by atoms with Crippen LogP contribution in [0.3, 0.4) is 0 Å². The van der Waals surface area contributed by atoms with Crippen molar-refractivity contribution in [1.29, 1.82) is 0 Å². The van der Waals surface area contributed by atoms with Gasteiger partial charge in [0.15, 0.2) is 11.5 Å². The lowest BCUT2D eigenvalue weighted by atomic mass is 9.44. The Morgan fingerprint density at radius 2 is 1.77 bits per heavy atom. The normalized spacial score (nSPS) is 43.2. The van der Waals surface area contributed by atoms with E-state index in [0.717, 1.165) is 13.0 Å². The Labute approximate surface area is 226 Å². The number of ketones is 1. The van der Waals surface area contributed by atoms with E-state index < -0.39 is 77.7 Å². The zero-order valence-corrected chi connectivity index (χ0v) is 24.0. The number of hydrogen-bond donors (Lipinski definition) is 1. The van der Waals surface area contributed by atoms with Gasteiger partial charge in [-0.15, -0.1) is 0 Å². The highest BCUT2D eigenvalue weighted by molar-refractivity contribution is 7.49. The second kappa shape index (κ2) is 9.86. The van der Waals surface area contributed by atoms with Crippen LogP contribution in [0.1, 0.15) is 60.8 Å². The highest BCUT2D eigenvalue weighted by atomic mass is 31.2. The van der Waals surface area contributed by atoms with Gasteiger partial charge in [-0.25, -0.2) is 18.1 Å². The quantitative estimate of drug-likeness (QED) is 0.344. The molecule has 9 atom stereocenters. The number of hydrogen-bond acceptors (Lipinski definition) is 9. The zero-order valence-electron chi connectivity index (χ0n) is 23.1. The summed E-state index contributed by atoms with van der Waals surface area (Å²) in [5, 5.41) is 11.5. The van der Waals surface area contributed by atoms with Gasteiger partial charge in [0.1, 0.15) is 6.17 Å². The Morgan fingerprint density at radius 1 is 1.15 bits per heavy atom. The molecule has 4 aliphatic carbocycles. The summed E-state index contributed by atoms with van der Waals surface area (Å²) in [7, 11) is -4.41. The standard InChI is InChI=1S/C27H37F2O9P/c1-7-35-39(34,36-8-2)38-23(33)27(37-16(4)30)15(3)11-18-19-13-21(28)20-12-17(31)9-10-24(20,5)26(19,29)22(32)14-25(18,27)6/h9-10,12,15,18-19,21-22,32H,7-8,11,13-14H2,1-6H3/t15-,18+,19+,21+,22+,24+,25+,26+,27+/m1/s1. The van der Waals surface area contributed by atoms with Crippen LogP contribution in [-0.4, -0.2) is 59.6 Å². The van der Waals surface area contributed by atoms with E-state index >= 15 is 8.78 Å². The molecule has 0 heterocycles. The molecule has 3 fully saturated rings. The summed E-state index contributed by atoms with van der Waals surface area (Å²) in [6.07, 6.45) is -0.383. The van der Waals surface area contributed by atoms with E-state index in [1.54, 1.807) is 13.8 Å². The zero-order chi connectivity index (χ0) is 29.2. The lowest BCUT2D eigenvalue weighted by molar-refractivity contribution is -0.236. The molecule has 0 unspecified atom stereocenters. The lowest BCUT2D eigenvalue weighted by Crippen LogP contribution is -2.71. The second-order valence-corrected chi connectivity index (χ2v) is 13.1. The van der Waals surface area contributed by atoms with Gasteiger partial charge in [-0.3, -0.25) is 18.6 Å². The second-order valence-electron chi connectivity index (χ2n) is 11.5. The molecule has 0 aromatic rings. The Morgan fingerprint density at radius 3 is 2.33 bits per heavy atom. The van der Waals surface area contributed by atoms with Crippen LogP contribution in [0.25, 0.3) is 0 Å². The van der Waals surface area contributed by atoms with Crippen LogP contribution in [0.2, 0.25) is 0 Å². The molecule has 4 rings (SSSR count). The predicted octanol–water partition coefficient (Wildman–Crippen LogP) is 4.58. The van der Waals surface area contributed by atoms with Crippen molar-refractivity contribution in [3.05, 3.63) is 23.8 Å². The summed E-state index contributed by atoms with van der Waals surface area (Å²) in [6.45, 7) is 8.63. The molecule has 0 aromatic carbocycles. The maximum absolute atomic E-state index is 17.4. The molecule has 3 saturated carbocycles. The van der Waals surface area contributed by atoms with Crippen LogP contribution in [0.5, 0.6) is 0 Å². The van der Waals surface area contributed by atoms with Crippen LogP contribution in [0.15, 0.2) is 23.8 Å². The minimum Gasteiger partial charge on any atom is -0.446 e. The average molecular weight is 575 g/mol. The van der Waals surface area contributed by atoms with E-state index in [1.165, 1.54) is 32.9 Å². The van der Waals surface area contributed by atoms with Crippen molar-refractivity contribution in [3.63, 3.8) is 0 Å². The van der Waals surface area contributed by atoms with Crippen LogP contribution in [0, 0.1) is 28.6 Å². The molecule has 1 N–H and O–H groups in total. The Balaban J connectivity index is 1.84. The summed E-state index contributed by atoms with van der Waals surface area (Å²) in [4.78, 5) is 38.4. The first-order valence-electron chi connectivity index (χ1n) is 13.3. The summed E-state index contributed by atoms with van der Waals surface area (Å²) in [5.41, 5.74) is -7.56. The van der Waals surface area contributed by atoms with E-state index in [-0.39, 0.29) is 38.0 Å². The van der Waals surface area contributed by atoms with Crippen molar-refractivity contribution in [3.8, 4) is 0 Å².